The number of hydrogen-bond donors (Lipinski definition) is 1. The van der Waals surface area contributed by atoms with Gasteiger partial charge in [-0.25, -0.2) is 14.8 Å². The van der Waals surface area contributed by atoms with E-state index in [2.05, 4.69) is 9.97 Å². The summed E-state index contributed by atoms with van der Waals surface area (Å²) in [5.41, 5.74) is 6.85. The predicted molar refractivity (Wildman–Crippen MR) is 109 cm³/mol. The highest BCUT2D eigenvalue weighted by Gasteiger charge is 2.30. The third-order valence-corrected chi connectivity index (χ3v) is 5.64. The molecule has 2 heterocycles. The molecule has 2 aromatic heterocycles. The number of carbonyl (C=O) groups is 1. The molecule has 0 bridgehead atoms. The van der Waals surface area contributed by atoms with Gasteiger partial charge in [-0.15, -0.1) is 11.3 Å². The van der Waals surface area contributed by atoms with E-state index in [1.54, 1.807) is 13.8 Å². The molecule has 1 aromatic carbocycles. The van der Waals surface area contributed by atoms with Crippen LogP contribution in [0.3, 0.4) is 0 Å². The Morgan fingerprint density at radius 2 is 1.87 bits per heavy atom. The minimum absolute atomic E-state index is 0.272. The third-order valence-electron chi connectivity index (χ3n) is 4.47. The van der Waals surface area contributed by atoms with Gasteiger partial charge in [-0.2, -0.15) is 13.2 Å². The molecule has 0 atom stereocenters. The van der Waals surface area contributed by atoms with E-state index in [1.807, 2.05) is 11.9 Å². The topological polar surface area (TPSA) is 81.3 Å². The summed E-state index contributed by atoms with van der Waals surface area (Å²) >= 11 is 1.20. The lowest BCUT2D eigenvalue weighted by atomic mass is 10.1. The second-order valence-corrected chi connectivity index (χ2v) is 7.85. The fraction of sp³-hybridized carbons (Fsp3) is 0.350. The molecular formula is C20H21F3N4O2S. The Bertz CT molecular complexity index is 1060. The van der Waals surface area contributed by atoms with Gasteiger partial charge < -0.3 is 10.5 Å². The van der Waals surface area contributed by atoms with Gasteiger partial charge >= 0.3 is 12.1 Å². The lowest BCUT2D eigenvalue weighted by Crippen LogP contribution is -2.19. The van der Waals surface area contributed by atoms with Crippen molar-refractivity contribution >= 4 is 33.3 Å². The van der Waals surface area contributed by atoms with E-state index in [0.717, 1.165) is 17.7 Å². The SMILES string of the molecule is CCOC(=O)c1sc2nc(CN(C)Cc3ccc(C(F)(F)F)cc3)nc(N)c2c1C. The van der Waals surface area contributed by atoms with Gasteiger partial charge in [0.1, 0.15) is 21.3 Å². The quantitative estimate of drug-likeness (QED) is 0.574. The number of ether oxygens (including phenoxy) is 1. The summed E-state index contributed by atoms with van der Waals surface area (Å²) in [6.07, 6.45) is -4.35. The number of rotatable bonds is 6. The zero-order valence-electron chi connectivity index (χ0n) is 16.7. The first-order chi connectivity index (χ1) is 14.1. The number of benzene rings is 1. The molecule has 160 valence electrons. The van der Waals surface area contributed by atoms with Crippen LogP contribution in [0.4, 0.5) is 19.0 Å². The molecule has 3 aromatic rings. The fourth-order valence-corrected chi connectivity index (χ4v) is 4.19. The highest BCUT2D eigenvalue weighted by atomic mass is 32.1. The number of carbonyl (C=O) groups excluding carboxylic acids is 1. The zero-order valence-corrected chi connectivity index (χ0v) is 17.5. The summed E-state index contributed by atoms with van der Waals surface area (Å²) < 4.78 is 43.1. The molecule has 0 aliphatic rings. The number of nitrogens with two attached hydrogens (primary N) is 1. The Hall–Kier alpha value is -2.72. The molecule has 0 saturated heterocycles. The van der Waals surface area contributed by atoms with Crippen LogP contribution < -0.4 is 5.73 Å². The van der Waals surface area contributed by atoms with Crippen molar-refractivity contribution in [3.8, 4) is 0 Å². The summed E-state index contributed by atoms with van der Waals surface area (Å²) in [4.78, 5) is 23.9. The Balaban J connectivity index is 1.77. The number of esters is 1. The number of alkyl halides is 3. The number of aryl methyl sites for hydroxylation is 1. The lowest BCUT2D eigenvalue weighted by molar-refractivity contribution is -0.137. The van der Waals surface area contributed by atoms with Crippen LogP contribution in [0, 0.1) is 6.92 Å². The van der Waals surface area contributed by atoms with Gasteiger partial charge in [-0.05, 0) is 44.2 Å². The number of aromatic nitrogens is 2. The standard InChI is InChI=1S/C20H21F3N4O2S/c1-4-29-19(28)16-11(2)15-17(24)25-14(26-18(15)30-16)10-27(3)9-12-5-7-13(8-6-12)20(21,22)23/h5-8H,4,9-10H2,1-3H3,(H2,24,25,26). The number of nitrogen functional groups attached to an aromatic ring is 1. The van der Waals surface area contributed by atoms with Crippen molar-refractivity contribution in [2.24, 2.45) is 0 Å². The molecule has 10 heteroatoms. The summed E-state index contributed by atoms with van der Waals surface area (Å²) in [5, 5.41) is 0.636. The smallest absolute Gasteiger partial charge is 0.416 e. The van der Waals surface area contributed by atoms with Crippen molar-refractivity contribution in [3.63, 3.8) is 0 Å². The van der Waals surface area contributed by atoms with Crippen LogP contribution in [-0.4, -0.2) is 34.5 Å². The molecule has 0 radical (unpaired) electrons. The molecule has 0 fully saturated rings. The first-order valence-corrected chi connectivity index (χ1v) is 9.99. The Kier molecular flexibility index (Phi) is 6.27. The second-order valence-electron chi connectivity index (χ2n) is 6.85. The van der Waals surface area contributed by atoms with E-state index < -0.39 is 17.7 Å². The largest absolute Gasteiger partial charge is 0.462 e. The first kappa shape index (κ1) is 22.0. The molecule has 30 heavy (non-hydrogen) atoms. The number of thiophene rings is 1. The maximum atomic E-state index is 12.7. The van der Waals surface area contributed by atoms with Gasteiger partial charge in [0.15, 0.2) is 0 Å². The van der Waals surface area contributed by atoms with E-state index in [1.165, 1.54) is 23.5 Å². The van der Waals surface area contributed by atoms with Gasteiger partial charge in [-0.3, -0.25) is 4.90 Å². The molecule has 3 rings (SSSR count). The lowest BCUT2D eigenvalue weighted by Gasteiger charge is -2.16. The molecule has 0 spiro atoms. The normalized spacial score (nSPS) is 12.0. The predicted octanol–water partition coefficient (Wildman–Crippen LogP) is 4.41. The Labute approximate surface area is 175 Å². The summed E-state index contributed by atoms with van der Waals surface area (Å²) in [6, 6.07) is 5.03. The van der Waals surface area contributed by atoms with E-state index >= 15 is 0 Å². The highest BCUT2D eigenvalue weighted by Crippen LogP contribution is 2.33. The molecule has 0 saturated carbocycles. The van der Waals surface area contributed by atoms with Crippen LogP contribution >= 0.6 is 11.3 Å². The van der Waals surface area contributed by atoms with Crippen molar-refractivity contribution in [3.05, 3.63) is 51.7 Å². The summed E-state index contributed by atoms with van der Waals surface area (Å²) in [5.74, 6) is 0.326. The van der Waals surface area contributed by atoms with Crippen LogP contribution in [0.15, 0.2) is 24.3 Å². The second kappa shape index (κ2) is 8.57. The van der Waals surface area contributed by atoms with Crippen molar-refractivity contribution in [2.75, 3.05) is 19.4 Å². The van der Waals surface area contributed by atoms with Crippen LogP contribution in [0.1, 0.15) is 39.1 Å². The molecule has 0 amide bonds. The van der Waals surface area contributed by atoms with Gasteiger partial charge in [0.2, 0.25) is 0 Å². The Morgan fingerprint density at radius 3 is 2.47 bits per heavy atom. The van der Waals surface area contributed by atoms with Crippen LogP contribution in [0.25, 0.3) is 10.2 Å². The molecule has 0 aliphatic heterocycles. The van der Waals surface area contributed by atoms with Crippen molar-refractivity contribution in [1.82, 2.24) is 14.9 Å². The summed E-state index contributed by atoms with van der Waals surface area (Å²) in [6.45, 7) is 4.54. The highest BCUT2D eigenvalue weighted by molar-refractivity contribution is 7.20. The van der Waals surface area contributed by atoms with Crippen LogP contribution in [0.2, 0.25) is 0 Å². The zero-order chi connectivity index (χ0) is 22.1. The third kappa shape index (κ3) is 4.71. The van der Waals surface area contributed by atoms with E-state index in [-0.39, 0.29) is 12.4 Å². The van der Waals surface area contributed by atoms with Gasteiger partial charge in [0.25, 0.3) is 0 Å². The van der Waals surface area contributed by atoms with Crippen molar-refractivity contribution in [2.45, 2.75) is 33.1 Å². The van der Waals surface area contributed by atoms with Crippen LogP contribution in [0.5, 0.6) is 0 Å². The minimum Gasteiger partial charge on any atom is -0.462 e. The number of fused-ring (bicyclic) bond motifs is 1. The van der Waals surface area contributed by atoms with E-state index in [9.17, 15) is 18.0 Å². The van der Waals surface area contributed by atoms with Crippen molar-refractivity contribution in [1.29, 1.82) is 0 Å². The summed E-state index contributed by atoms with van der Waals surface area (Å²) in [7, 11) is 1.81. The molecule has 0 aliphatic carbocycles. The number of anilines is 1. The molecule has 2 N–H and O–H groups in total. The molecule has 0 unspecified atom stereocenters. The van der Waals surface area contributed by atoms with Crippen molar-refractivity contribution < 1.29 is 22.7 Å². The molecular weight excluding hydrogens is 417 g/mol. The first-order valence-electron chi connectivity index (χ1n) is 9.17. The maximum Gasteiger partial charge on any atom is 0.416 e. The van der Waals surface area contributed by atoms with E-state index in [4.69, 9.17) is 10.5 Å². The van der Waals surface area contributed by atoms with Gasteiger partial charge in [0.05, 0.1) is 24.1 Å². The average Bonchev–Trinajstić information content (AvgIpc) is 2.98. The number of halogens is 3. The fourth-order valence-electron chi connectivity index (χ4n) is 3.09. The number of nitrogens with zero attached hydrogens (tertiary/aromatic N) is 3. The monoisotopic (exact) mass is 438 g/mol. The maximum absolute atomic E-state index is 12.7. The van der Waals surface area contributed by atoms with Crippen LogP contribution in [-0.2, 0) is 24.0 Å². The molecule has 6 nitrogen and oxygen atoms in total. The van der Waals surface area contributed by atoms with E-state index in [0.29, 0.717) is 39.6 Å². The minimum atomic E-state index is -4.35. The van der Waals surface area contributed by atoms with Gasteiger partial charge in [-0.1, -0.05) is 12.1 Å². The van der Waals surface area contributed by atoms with Gasteiger partial charge in [0, 0.05) is 6.54 Å². The number of hydrogen-bond acceptors (Lipinski definition) is 7. The average molecular weight is 438 g/mol. The Morgan fingerprint density at radius 1 is 1.20 bits per heavy atom.